The zero-order chi connectivity index (χ0) is 15.4. The van der Waals surface area contributed by atoms with Crippen molar-refractivity contribution < 1.29 is 19.1 Å². The normalized spacial score (nSPS) is 12.5. The zero-order valence-corrected chi connectivity index (χ0v) is 11.4. The van der Waals surface area contributed by atoms with Crippen molar-refractivity contribution in [1.82, 2.24) is 9.88 Å². The van der Waals surface area contributed by atoms with Gasteiger partial charge in [-0.3, -0.25) is 14.4 Å². The summed E-state index contributed by atoms with van der Waals surface area (Å²) in [5.74, 6) is -0.323. The lowest BCUT2D eigenvalue weighted by Crippen LogP contribution is -2.33. The molecule has 0 atom stereocenters. The van der Waals surface area contributed by atoms with E-state index in [1.165, 1.54) is 18.1 Å². The molecule has 0 unspecified atom stereocenters. The van der Waals surface area contributed by atoms with E-state index in [9.17, 15) is 14.4 Å². The lowest BCUT2D eigenvalue weighted by molar-refractivity contribution is -0.129. The number of likely N-dealkylation sites (N-methyl/N-ethyl adjacent to an activating group) is 1. The highest BCUT2D eigenvalue weighted by Crippen LogP contribution is 2.27. The minimum Gasteiger partial charge on any atom is -0.480 e. The molecule has 110 valence electrons. The summed E-state index contributed by atoms with van der Waals surface area (Å²) in [4.78, 5) is 39.4. The van der Waals surface area contributed by atoms with E-state index in [2.05, 4.69) is 22.2 Å². The van der Waals surface area contributed by atoms with Crippen molar-refractivity contribution in [2.75, 3.05) is 30.8 Å². The van der Waals surface area contributed by atoms with Crippen LogP contribution in [0.3, 0.4) is 0 Å². The highest BCUT2D eigenvalue weighted by molar-refractivity contribution is 5.97. The van der Waals surface area contributed by atoms with Crippen LogP contribution in [0.1, 0.15) is 0 Å². The van der Waals surface area contributed by atoms with Crippen LogP contribution < -0.4 is 15.4 Å². The molecular weight excluding hydrogens is 276 g/mol. The molecule has 0 radical (unpaired) electrons. The standard InChI is InChI=1S/C13H14N4O4/c1-3-12(20)17(2)6-10(18)15-8-4-9-13(14-5-8)16-11(19)7-21-9/h3-5H,1,6-7H2,2H3,(H,15,18)(H,14,16,19). The Hall–Kier alpha value is -2.90. The smallest absolute Gasteiger partial charge is 0.263 e. The topological polar surface area (TPSA) is 101 Å². The molecule has 0 aromatic carbocycles. The van der Waals surface area contributed by atoms with Gasteiger partial charge in [-0.05, 0) is 6.08 Å². The summed E-state index contributed by atoms with van der Waals surface area (Å²) in [5.41, 5.74) is 0.411. The zero-order valence-electron chi connectivity index (χ0n) is 11.4. The van der Waals surface area contributed by atoms with Crippen LogP contribution in [0.4, 0.5) is 11.5 Å². The fourth-order valence-corrected chi connectivity index (χ4v) is 1.68. The van der Waals surface area contributed by atoms with Crippen LogP contribution in [0.2, 0.25) is 0 Å². The number of nitrogens with one attached hydrogen (secondary N) is 2. The molecule has 21 heavy (non-hydrogen) atoms. The Morgan fingerprint density at radius 1 is 1.62 bits per heavy atom. The number of aromatic nitrogens is 1. The Bertz CT molecular complexity index is 614. The number of ether oxygens (including phenoxy) is 1. The molecule has 0 fully saturated rings. The van der Waals surface area contributed by atoms with E-state index in [-0.39, 0.29) is 30.9 Å². The molecule has 8 nitrogen and oxygen atoms in total. The maximum absolute atomic E-state index is 11.8. The first-order chi connectivity index (χ1) is 9.99. The molecule has 0 saturated carbocycles. The highest BCUT2D eigenvalue weighted by Gasteiger charge is 2.18. The quantitative estimate of drug-likeness (QED) is 0.760. The van der Waals surface area contributed by atoms with Crippen LogP contribution in [0.25, 0.3) is 0 Å². The second-order valence-corrected chi connectivity index (χ2v) is 4.35. The van der Waals surface area contributed by atoms with Crippen LogP contribution in [0.5, 0.6) is 5.75 Å². The van der Waals surface area contributed by atoms with Crippen molar-refractivity contribution in [2.45, 2.75) is 0 Å². The fraction of sp³-hybridized carbons (Fsp3) is 0.231. The van der Waals surface area contributed by atoms with Gasteiger partial charge >= 0.3 is 0 Å². The van der Waals surface area contributed by atoms with Crippen LogP contribution >= 0.6 is 0 Å². The summed E-state index contributed by atoms with van der Waals surface area (Å²) in [6.45, 7) is 3.14. The number of anilines is 2. The molecule has 0 saturated heterocycles. The summed E-state index contributed by atoms with van der Waals surface area (Å²) in [6.07, 6.45) is 2.52. The number of hydrogen-bond donors (Lipinski definition) is 2. The monoisotopic (exact) mass is 290 g/mol. The number of fused-ring (bicyclic) bond motifs is 1. The second-order valence-electron chi connectivity index (χ2n) is 4.35. The third kappa shape index (κ3) is 3.56. The largest absolute Gasteiger partial charge is 0.480 e. The summed E-state index contributed by atoms with van der Waals surface area (Å²) in [5, 5.41) is 5.13. The molecule has 2 N–H and O–H groups in total. The Kier molecular flexibility index (Phi) is 4.17. The maximum Gasteiger partial charge on any atom is 0.263 e. The van der Waals surface area contributed by atoms with Gasteiger partial charge in [0, 0.05) is 13.1 Å². The molecule has 1 aromatic heterocycles. The van der Waals surface area contributed by atoms with E-state index >= 15 is 0 Å². The van der Waals surface area contributed by atoms with Crippen molar-refractivity contribution in [3.05, 3.63) is 24.9 Å². The molecular formula is C13H14N4O4. The van der Waals surface area contributed by atoms with Gasteiger partial charge in [0.25, 0.3) is 5.91 Å². The molecule has 3 amide bonds. The minimum absolute atomic E-state index is 0.0946. The molecule has 1 aliphatic rings. The summed E-state index contributed by atoms with van der Waals surface area (Å²) < 4.78 is 5.19. The minimum atomic E-state index is -0.380. The maximum atomic E-state index is 11.8. The number of rotatable bonds is 4. The number of nitrogens with zero attached hydrogens (tertiary/aromatic N) is 2. The summed E-state index contributed by atoms with van der Waals surface area (Å²) >= 11 is 0. The third-order valence-corrected chi connectivity index (χ3v) is 2.68. The Morgan fingerprint density at radius 3 is 3.10 bits per heavy atom. The average Bonchev–Trinajstić information content (AvgIpc) is 2.46. The first-order valence-electron chi connectivity index (χ1n) is 6.09. The summed E-state index contributed by atoms with van der Waals surface area (Å²) in [6, 6.07) is 1.55. The van der Waals surface area contributed by atoms with E-state index < -0.39 is 0 Å². The van der Waals surface area contributed by atoms with Gasteiger partial charge in [0.2, 0.25) is 11.8 Å². The predicted molar refractivity (Wildman–Crippen MR) is 74.8 cm³/mol. The van der Waals surface area contributed by atoms with Gasteiger partial charge in [0.1, 0.15) is 0 Å². The van der Waals surface area contributed by atoms with E-state index in [1.54, 1.807) is 6.07 Å². The summed E-state index contributed by atoms with van der Waals surface area (Å²) in [7, 11) is 1.49. The van der Waals surface area contributed by atoms with E-state index in [1.807, 2.05) is 0 Å². The van der Waals surface area contributed by atoms with Gasteiger partial charge < -0.3 is 20.3 Å². The van der Waals surface area contributed by atoms with Crippen molar-refractivity contribution in [2.24, 2.45) is 0 Å². The average molecular weight is 290 g/mol. The SMILES string of the molecule is C=CC(=O)N(C)CC(=O)Nc1cnc2c(c1)OCC(=O)N2. The number of amides is 3. The van der Waals surface area contributed by atoms with E-state index in [0.29, 0.717) is 17.3 Å². The molecule has 0 bridgehead atoms. The number of carbonyl (C=O) groups is 3. The van der Waals surface area contributed by atoms with Crippen molar-refractivity contribution >= 4 is 29.2 Å². The first-order valence-corrected chi connectivity index (χ1v) is 6.09. The first kappa shape index (κ1) is 14.5. The number of carbonyl (C=O) groups excluding carboxylic acids is 3. The van der Waals surface area contributed by atoms with E-state index in [4.69, 9.17) is 4.74 Å². The van der Waals surface area contributed by atoms with Gasteiger partial charge in [-0.15, -0.1) is 0 Å². The molecule has 1 aromatic rings. The lowest BCUT2D eigenvalue weighted by Gasteiger charge is -2.18. The van der Waals surface area contributed by atoms with Crippen molar-refractivity contribution in [1.29, 1.82) is 0 Å². The number of hydrogen-bond acceptors (Lipinski definition) is 5. The van der Waals surface area contributed by atoms with Gasteiger partial charge in [-0.2, -0.15) is 0 Å². The Morgan fingerprint density at radius 2 is 2.38 bits per heavy atom. The van der Waals surface area contributed by atoms with Gasteiger partial charge in [-0.1, -0.05) is 6.58 Å². The molecule has 8 heteroatoms. The van der Waals surface area contributed by atoms with E-state index in [0.717, 1.165) is 6.08 Å². The van der Waals surface area contributed by atoms with Crippen molar-refractivity contribution in [3.8, 4) is 5.75 Å². The number of pyridine rings is 1. The predicted octanol–water partition coefficient (Wildman–Crippen LogP) is -0.00460. The molecule has 0 spiro atoms. The van der Waals surface area contributed by atoms with Crippen LogP contribution in [-0.2, 0) is 14.4 Å². The van der Waals surface area contributed by atoms with Crippen LogP contribution in [0, 0.1) is 0 Å². The molecule has 2 heterocycles. The lowest BCUT2D eigenvalue weighted by atomic mass is 10.3. The second kappa shape index (κ2) is 6.04. The van der Waals surface area contributed by atoms with Crippen LogP contribution in [-0.4, -0.2) is 47.8 Å². The Balaban J connectivity index is 2.00. The molecule has 0 aliphatic carbocycles. The molecule has 1 aliphatic heterocycles. The van der Waals surface area contributed by atoms with Crippen molar-refractivity contribution in [3.63, 3.8) is 0 Å². The van der Waals surface area contributed by atoms with Crippen LogP contribution in [0.15, 0.2) is 24.9 Å². The van der Waals surface area contributed by atoms with Gasteiger partial charge in [0.15, 0.2) is 18.2 Å². The fourth-order valence-electron chi connectivity index (χ4n) is 1.68. The third-order valence-electron chi connectivity index (χ3n) is 2.68. The van der Waals surface area contributed by atoms with Gasteiger partial charge in [-0.25, -0.2) is 4.98 Å². The Labute approximate surface area is 120 Å². The molecule has 2 rings (SSSR count). The highest BCUT2D eigenvalue weighted by atomic mass is 16.5. The van der Waals surface area contributed by atoms with Gasteiger partial charge in [0.05, 0.1) is 18.4 Å².